The number of likely N-dealkylation sites (tertiary alicyclic amines) is 1. The number of methoxy groups -OCH3 is 1. The lowest BCUT2D eigenvalue weighted by Crippen LogP contribution is -2.29. The average Bonchev–Trinajstić information content (AvgIpc) is 2.77. The van der Waals surface area contributed by atoms with E-state index in [0.29, 0.717) is 18.9 Å². The van der Waals surface area contributed by atoms with Crippen LogP contribution in [0, 0.1) is 5.82 Å². The third-order valence-corrected chi connectivity index (χ3v) is 6.59. The van der Waals surface area contributed by atoms with E-state index in [-0.39, 0.29) is 17.7 Å². The zero-order chi connectivity index (χ0) is 22.4. The van der Waals surface area contributed by atoms with Crippen molar-refractivity contribution in [2.24, 2.45) is 0 Å². The van der Waals surface area contributed by atoms with E-state index >= 15 is 0 Å². The number of ether oxygens (including phenoxy) is 1. The van der Waals surface area contributed by atoms with Crippen molar-refractivity contribution in [1.29, 1.82) is 0 Å². The minimum absolute atomic E-state index is 0.0367. The molecule has 2 aromatic carbocycles. The van der Waals surface area contributed by atoms with Crippen LogP contribution in [0.4, 0.5) is 4.39 Å². The molecule has 3 rings (SSSR count). The van der Waals surface area contributed by atoms with Gasteiger partial charge in [0.15, 0.2) is 0 Å². The molecule has 0 aromatic heterocycles. The summed E-state index contributed by atoms with van der Waals surface area (Å²) in [6.07, 6.45) is 2.84. The van der Waals surface area contributed by atoms with E-state index < -0.39 is 23.1 Å². The highest BCUT2D eigenvalue weighted by Gasteiger charge is 2.19. The maximum absolute atomic E-state index is 14.4. The second kappa shape index (κ2) is 10.9. The molecule has 0 spiro atoms. The summed E-state index contributed by atoms with van der Waals surface area (Å²) in [6.45, 7) is 2.45. The fraction of sp³-hybridized carbons (Fsp3) is 0.435. The maximum Gasteiger partial charge on any atom is 0.337 e. The number of rotatable bonds is 8. The number of carbonyl (C=O) groups excluding carboxylic acids is 1. The standard InChI is InChI=1S/C23H29FN2O4S/c1-25-11-9-18(10-12-25)19-5-3-4-17(14-19)8-13-26(31(28)29)16-21-7-6-20(15-22(21)24)23(27)30-2/h3-7,14-15,18H,8-13,16H2,1-2H3,(H,28,29). The summed E-state index contributed by atoms with van der Waals surface area (Å²) < 4.78 is 41.8. The number of hydrogen-bond acceptors (Lipinski definition) is 4. The molecule has 1 heterocycles. The van der Waals surface area contributed by atoms with Gasteiger partial charge in [-0.25, -0.2) is 13.4 Å². The van der Waals surface area contributed by atoms with Gasteiger partial charge < -0.3 is 9.64 Å². The zero-order valence-electron chi connectivity index (χ0n) is 17.9. The molecule has 1 atom stereocenters. The third-order valence-electron chi connectivity index (χ3n) is 5.83. The summed E-state index contributed by atoms with van der Waals surface area (Å²) in [4.78, 5) is 13.9. The van der Waals surface area contributed by atoms with Crippen LogP contribution in [0.1, 0.15) is 45.8 Å². The number of piperidine rings is 1. The summed E-state index contributed by atoms with van der Waals surface area (Å²) in [6, 6.07) is 12.4. The zero-order valence-corrected chi connectivity index (χ0v) is 18.7. The predicted octanol–water partition coefficient (Wildman–Crippen LogP) is 3.60. The van der Waals surface area contributed by atoms with Crippen molar-refractivity contribution in [3.8, 4) is 0 Å². The average molecular weight is 449 g/mol. The monoisotopic (exact) mass is 448 g/mol. The lowest BCUT2D eigenvalue weighted by molar-refractivity contribution is 0.0600. The van der Waals surface area contributed by atoms with E-state index in [0.717, 1.165) is 37.6 Å². The lowest BCUT2D eigenvalue weighted by atomic mass is 9.88. The first-order chi connectivity index (χ1) is 14.9. The molecule has 6 nitrogen and oxygen atoms in total. The van der Waals surface area contributed by atoms with Crippen LogP contribution in [0.5, 0.6) is 0 Å². The second-order valence-corrected chi connectivity index (χ2v) is 8.94. The van der Waals surface area contributed by atoms with Gasteiger partial charge in [-0.05, 0) is 68.6 Å². The van der Waals surface area contributed by atoms with Gasteiger partial charge in [-0.1, -0.05) is 30.3 Å². The highest BCUT2D eigenvalue weighted by atomic mass is 32.2. The van der Waals surface area contributed by atoms with Crippen LogP contribution in [0.15, 0.2) is 42.5 Å². The van der Waals surface area contributed by atoms with Gasteiger partial charge in [0.05, 0.1) is 12.7 Å². The number of benzene rings is 2. The molecule has 1 unspecified atom stereocenters. The molecule has 31 heavy (non-hydrogen) atoms. The van der Waals surface area contributed by atoms with Gasteiger partial charge in [0.25, 0.3) is 0 Å². The van der Waals surface area contributed by atoms with Crippen molar-refractivity contribution in [3.05, 3.63) is 70.5 Å². The molecular weight excluding hydrogens is 419 g/mol. The first kappa shape index (κ1) is 23.5. The van der Waals surface area contributed by atoms with Crippen LogP contribution < -0.4 is 0 Å². The van der Waals surface area contributed by atoms with Gasteiger partial charge in [-0.3, -0.25) is 4.55 Å². The van der Waals surface area contributed by atoms with E-state index in [2.05, 4.69) is 28.8 Å². The molecule has 1 aliphatic rings. The quantitative estimate of drug-likeness (QED) is 0.494. The smallest absolute Gasteiger partial charge is 0.337 e. The fourth-order valence-corrected chi connectivity index (χ4v) is 4.42. The van der Waals surface area contributed by atoms with Gasteiger partial charge >= 0.3 is 5.97 Å². The Labute approximate surface area is 185 Å². The normalized spacial score (nSPS) is 16.4. The molecule has 0 bridgehead atoms. The summed E-state index contributed by atoms with van der Waals surface area (Å²) in [5.41, 5.74) is 2.75. The SMILES string of the molecule is COC(=O)c1ccc(CN(CCc2cccc(C3CCN(C)CC3)c2)S(=O)O)c(F)c1. The van der Waals surface area contributed by atoms with Crippen molar-refractivity contribution < 1.29 is 22.7 Å². The number of esters is 1. The molecule has 1 saturated heterocycles. The van der Waals surface area contributed by atoms with E-state index in [4.69, 9.17) is 0 Å². The Morgan fingerprint density at radius 3 is 2.65 bits per heavy atom. The largest absolute Gasteiger partial charge is 0.465 e. The number of nitrogens with zero attached hydrogens (tertiary/aromatic N) is 2. The Bertz CT molecular complexity index is 932. The van der Waals surface area contributed by atoms with Gasteiger partial charge in [0.1, 0.15) is 5.82 Å². The van der Waals surface area contributed by atoms with Crippen molar-refractivity contribution in [2.45, 2.75) is 31.7 Å². The Balaban J connectivity index is 1.64. The molecule has 1 aliphatic heterocycles. The summed E-state index contributed by atoms with van der Waals surface area (Å²) in [7, 11) is 3.37. The number of hydrogen-bond donors (Lipinski definition) is 1. The van der Waals surface area contributed by atoms with Crippen molar-refractivity contribution in [2.75, 3.05) is 33.8 Å². The van der Waals surface area contributed by atoms with E-state index in [1.165, 1.54) is 29.1 Å². The van der Waals surface area contributed by atoms with Gasteiger partial charge in [-0.2, -0.15) is 4.31 Å². The Morgan fingerprint density at radius 2 is 2.00 bits per heavy atom. The van der Waals surface area contributed by atoms with E-state index in [1.807, 2.05) is 12.1 Å². The maximum atomic E-state index is 14.4. The van der Waals surface area contributed by atoms with Gasteiger partial charge in [0, 0.05) is 18.7 Å². The topological polar surface area (TPSA) is 70.1 Å². The summed E-state index contributed by atoms with van der Waals surface area (Å²) in [5.74, 6) is -0.693. The van der Waals surface area contributed by atoms with Crippen LogP contribution in [-0.4, -0.2) is 57.7 Å². The lowest BCUT2D eigenvalue weighted by Gasteiger charge is -2.29. The van der Waals surface area contributed by atoms with E-state index in [9.17, 15) is 17.9 Å². The molecule has 0 radical (unpaired) electrons. The molecule has 0 saturated carbocycles. The highest BCUT2D eigenvalue weighted by molar-refractivity contribution is 7.76. The molecule has 8 heteroatoms. The first-order valence-electron chi connectivity index (χ1n) is 10.4. The highest BCUT2D eigenvalue weighted by Crippen LogP contribution is 2.28. The van der Waals surface area contributed by atoms with Crippen LogP contribution in [-0.2, 0) is 29.0 Å². The summed E-state index contributed by atoms with van der Waals surface area (Å²) in [5, 5.41) is 0. The van der Waals surface area contributed by atoms with Crippen LogP contribution in [0.3, 0.4) is 0 Å². The fourth-order valence-electron chi connectivity index (χ4n) is 3.92. The Kier molecular flexibility index (Phi) is 8.31. The van der Waals surface area contributed by atoms with Crippen molar-refractivity contribution >= 4 is 17.2 Å². The minimum Gasteiger partial charge on any atom is -0.465 e. The molecule has 0 amide bonds. The van der Waals surface area contributed by atoms with Gasteiger partial charge in [0.2, 0.25) is 11.3 Å². The number of carbonyl (C=O) groups is 1. The molecule has 1 fully saturated rings. The predicted molar refractivity (Wildman–Crippen MR) is 119 cm³/mol. The van der Waals surface area contributed by atoms with Gasteiger partial charge in [-0.15, -0.1) is 0 Å². The first-order valence-corrected chi connectivity index (χ1v) is 11.4. The Morgan fingerprint density at radius 1 is 1.26 bits per heavy atom. The Hall–Kier alpha value is -2.13. The van der Waals surface area contributed by atoms with Crippen LogP contribution in [0.25, 0.3) is 0 Å². The molecule has 1 N–H and O–H groups in total. The molecule has 2 aromatic rings. The van der Waals surface area contributed by atoms with Crippen LogP contribution >= 0.6 is 0 Å². The van der Waals surface area contributed by atoms with Crippen molar-refractivity contribution in [3.63, 3.8) is 0 Å². The van der Waals surface area contributed by atoms with Crippen LogP contribution in [0.2, 0.25) is 0 Å². The summed E-state index contributed by atoms with van der Waals surface area (Å²) >= 11 is -2.25. The number of halogens is 1. The molecule has 0 aliphatic carbocycles. The minimum atomic E-state index is -2.25. The molecule has 168 valence electrons. The third kappa shape index (κ3) is 6.43. The molecular formula is C23H29FN2O4S. The second-order valence-electron chi connectivity index (χ2n) is 7.96. The van der Waals surface area contributed by atoms with Crippen molar-refractivity contribution in [1.82, 2.24) is 9.21 Å². The van der Waals surface area contributed by atoms with E-state index in [1.54, 1.807) is 0 Å².